The van der Waals surface area contributed by atoms with Gasteiger partial charge in [0.25, 0.3) is 11.8 Å². The van der Waals surface area contributed by atoms with Crippen molar-refractivity contribution in [1.82, 2.24) is 14.8 Å². The first-order chi connectivity index (χ1) is 27.9. The lowest BCUT2D eigenvalue weighted by molar-refractivity contribution is -0.129. The minimum atomic E-state index is -4.18. The maximum absolute atomic E-state index is 13.5. The van der Waals surface area contributed by atoms with Gasteiger partial charge in [-0.2, -0.15) is 9.53 Å². The summed E-state index contributed by atoms with van der Waals surface area (Å²) in [5, 5.41) is 38.3. The summed E-state index contributed by atoms with van der Waals surface area (Å²) in [6.07, 6.45) is 3.05. The monoisotopic (exact) mass is 883 g/mol. The molecule has 334 valence electrons. The van der Waals surface area contributed by atoms with E-state index >= 15 is 0 Å². The molecule has 0 saturated carbocycles. The molecular formula is C43H63N7O9P2. The number of phenolic OH excluding ortho intramolecular Hbond substituents is 1. The Bertz CT molecular complexity index is 2310. The lowest BCUT2D eigenvalue weighted by Gasteiger charge is -2.36. The van der Waals surface area contributed by atoms with Gasteiger partial charge < -0.3 is 45.2 Å². The Balaban J connectivity index is 0.000000231. The predicted molar refractivity (Wildman–Crippen MR) is 240 cm³/mol. The number of benzene rings is 1. The van der Waals surface area contributed by atoms with Crippen LogP contribution in [0.1, 0.15) is 103 Å². The SMILES string of the molecule is CC(C)(C)CCN1C(=O)C(C2=NP(=O)(O)c3ccc(O)cc3N2)=C(O)C1C(C)(C)C.CCOP1(=O)N=C(C2=C(O)C(C(C)(C)C)N(CCC(C)(C)C)C2=O)Nc2ncccc21. The number of nitrogens with zero attached hydrogens (tertiary/aromatic N) is 5. The molecule has 4 aliphatic rings. The molecule has 6 N–H and O–H groups in total. The van der Waals surface area contributed by atoms with Gasteiger partial charge in [0.05, 0.1) is 29.7 Å². The standard InChI is InChI=1S/C22H33N4O4P.C21H30N3O5P/c1-8-30-31(29)14-10-9-12-23-18(14)24-19(25-31)15-16(27)17(22(5,6)7)26(20(15)28)13-11-21(2,3)4;1-20(2,3)9-10-24-17(21(4,5)6)16(26)15(19(24)27)18-22-13-11-12(25)7-8-14(13)30(28,29)23-18/h9-10,12,17,27H,8,11,13H2,1-7H3,(H,23,24,25,29);7-8,11,17,25-26H,9-10H2,1-6H3,(H2,22,23,28,29). The minimum absolute atomic E-state index is 0.0149. The second kappa shape index (κ2) is 16.7. The van der Waals surface area contributed by atoms with Gasteiger partial charge >= 0.3 is 15.0 Å². The Morgan fingerprint density at radius 1 is 0.721 bits per heavy atom. The van der Waals surface area contributed by atoms with Gasteiger partial charge in [-0.05, 0) is 65.7 Å². The van der Waals surface area contributed by atoms with Crippen molar-refractivity contribution in [3.05, 3.63) is 59.2 Å². The molecule has 16 nitrogen and oxygen atoms in total. The molecule has 2 aromatic rings. The highest BCUT2D eigenvalue weighted by molar-refractivity contribution is 7.66. The van der Waals surface area contributed by atoms with Gasteiger partial charge in [0.1, 0.15) is 39.5 Å². The average molecular weight is 884 g/mol. The van der Waals surface area contributed by atoms with Crippen LogP contribution in [-0.4, -0.2) is 90.3 Å². The van der Waals surface area contributed by atoms with E-state index in [1.807, 2.05) is 41.5 Å². The van der Waals surface area contributed by atoms with E-state index in [1.165, 1.54) is 18.2 Å². The van der Waals surface area contributed by atoms with E-state index in [9.17, 15) is 38.9 Å². The number of aromatic nitrogens is 1. The van der Waals surface area contributed by atoms with E-state index in [2.05, 4.69) is 66.7 Å². The van der Waals surface area contributed by atoms with Crippen LogP contribution in [-0.2, 0) is 23.2 Å². The number of hydrogen-bond acceptors (Lipinski definition) is 11. The Morgan fingerprint density at radius 3 is 1.67 bits per heavy atom. The smallest absolute Gasteiger partial charge is 0.350 e. The Morgan fingerprint density at radius 2 is 1.21 bits per heavy atom. The number of amides is 2. The van der Waals surface area contributed by atoms with Crippen molar-refractivity contribution >= 4 is 60.6 Å². The number of aromatic hydroxyl groups is 1. The summed E-state index contributed by atoms with van der Waals surface area (Å²) in [6, 6.07) is 6.11. The summed E-state index contributed by atoms with van der Waals surface area (Å²) in [5.74, 6) is -0.916. The number of aliphatic hydroxyl groups excluding tert-OH is 2. The highest BCUT2D eigenvalue weighted by Gasteiger charge is 2.50. The Labute approximate surface area is 359 Å². The highest BCUT2D eigenvalue weighted by atomic mass is 31.2. The van der Waals surface area contributed by atoms with Crippen molar-refractivity contribution in [3.63, 3.8) is 0 Å². The average Bonchev–Trinajstić information content (AvgIpc) is 3.52. The largest absolute Gasteiger partial charge is 0.509 e. The highest BCUT2D eigenvalue weighted by Crippen LogP contribution is 2.52. The Hall–Kier alpha value is -4.49. The van der Waals surface area contributed by atoms with Gasteiger partial charge in [-0.15, -0.1) is 0 Å². The van der Waals surface area contributed by atoms with Crippen LogP contribution in [0.15, 0.2) is 68.7 Å². The molecule has 1 aromatic heterocycles. The molecule has 1 aromatic carbocycles. The molecule has 61 heavy (non-hydrogen) atoms. The lowest BCUT2D eigenvalue weighted by Crippen LogP contribution is -2.45. The van der Waals surface area contributed by atoms with Crippen LogP contribution >= 0.6 is 15.0 Å². The number of rotatable bonds is 8. The molecule has 0 fully saturated rings. The van der Waals surface area contributed by atoms with Gasteiger partial charge in [-0.1, -0.05) is 83.1 Å². The summed E-state index contributed by atoms with van der Waals surface area (Å²) in [6.45, 7) is 27.1. The van der Waals surface area contributed by atoms with Gasteiger partial charge in [-0.25, -0.2) is 4.98 Å². The van der Waals surface area contributed by atoms with Crippen LogP contribution < -0.4 is 21.2 Å². The summed E-state index contributed by atoms with van der Waals surface area (Å²) in [5.41, 5.74) is -0.757. The number of pyridine rings is 1. The summed E-state index contributed by atoms with van der Waals surface area (Å²) in [4.78, 5) is 44.8. The van der Waals surface area contributed by atoms with Gasteiger partial charge in [0, 0.05) is 25.4 Å². The third-order valence-corrected chi connectivity index (χ3v) is 14.1. The number of fused-ring (bicyclic) bond motifs is 2. The third kappa shape index (κ3) is 10.1. The number of aliphatic hydroxyl groups is 2. The summed E-state index contributed by atoms with van der Waals surface area (Å²) in [7, 11) is -7.82. The molecule has 6 rings (SSSR count). The van der Waals surface area contributed by atoms with Crippen molar-refractivity contribution in [2.24, 2.45) is 31.2 Å². The van der Waals surface area contributed by atoms with Crippen LogP contribution in [0.5, 0.6) is 5.75 Å². The van der Waals surface area contributed by atoms with E-state index in [0.717, 1.165) is 12.8 Å². The van der Waals surface area contributed by atoms with Crippen molar-refractivity contribution < 1.29 is 43.5 Å². The predicted octanol–water partition coefficient (Wildman–Crippen LogP) is 7.80. The van der Waals surface area contributed by atoms with E-state index < -0.39 is 43.9 Å². The van der Waals surface area contributed by atoms with Gasteiger partial charge in [-0.3, -0.25) is 18.7 Å². The fourth-order valence-electron chi connectivity index (χ4n) is 7.65. The zero-order chi connectivity index (χ0) is 45.8. The first-order valence-corrected chi connectivity index (χ1v) is 23.7. The molecule has 4 atom stereocenters. The van der Waals surface area contributed by atoms with Crippen molar-refractivity contribution in [2.75, 3.05) is 30.3 Å². The normalized spacial score (nSPS) is 24.4. The fourth-order valence-corrected chi connectivity index (χ4v) is 10.6. The first kappa shape index (κ1) is 47.6. The zero-order valence-electron chi connectivity index (χ0n) is 37.6. The molecule has 4 unspecified atom stereocenters. The van der Waals surface area contributed by atoms with Crippen molar-refractivity contribution in [1.29, 1.82) is 0 Å². The molecule has 18 heteroatoms. The number of carbonyl (C=O) groups excluding carboxylic acids is 2. The van der Waals surface area contributed by atoms with Crippen LogP contribution in [0.3, 0.4) is 0 Å². The molecule has 0 spiro atoms. The van der Waals surface area contributed by atoms with Crippen molar-refractivity contribution in [2.45, 2.75) is 115 Å². The number of nitrogens with one attached hydrogen (secondary N) is 2. The number of anilines is 2. The van der Waals surface area contributed by atoms with Crippen LogP contribution in [0.4, 0.5) is 11.5 Å². The maximum Gasteiger partial charge on any atom is 0.350 e. The number of carbonyl (C=O) groups is 2. The molecule has 4 aliphatic heterocycles. The number of hydrogen-bond donors (Lipinski definition) is 6. The van der Waals surface area contributed by atoms with Crippen molar-refractivity contribution in [3.8, 4) is 5.75 Å². The lowest BCUT2D eigenvalue weighted by atomic mass is 9.84. The molecule has 0 bridgehead atoms. The second-order valence-electron chi connectivity index (χ2n) is 20.4. The summed E-state index contributed by atoms with van der Waals surface area (Å²) < 4.78 is 40.1. The minimum Gasteiger partial charge on any atom is -0.509 e. The zero-order valence-corrected chi connectivity index (χ0v) is 39.4. The van der Waals surface area contributed by atoms with Crippen LogP contribution in [0, 0.1) is 21.7 Å². The Kier molecular flexibility index (Phi) is 13.0. The molecule has 2 amide bonds. The molecule has 5 heterocycles. The van der Waals surface area contributed by atoms with E-state index in [4.69, 9.17) is 4.52 Å². The molecule has 0 radical (unpaired) electrons. The topological polar surface area (TPSA) is 227 Å². The van der Waals surface area contributed by atoms with E-state index in [1.54, 1.807) is 35.1 Å². The van der Waals surface area contributed by atoms with Crippen LogP contribution in [0.25, 0.3) is 0 Å². The third-order valence-electron chi connectivity index (χ3n) is 10.6. The van der Waals surface area contributed by atoms with E-state index in [0.29, 0.717) is 24.2 Å². The summed E-state index contributed by atoms with van der Waals surface area (Å²) >= 11 is 0. The fraction of sp³-hybridized carbons (Fsp3) is 0.558. The van der Waals surface area contributed by atoms with Gasteiger partial charge in [0.2, 0.25) is 0 Å². The number of amidine groups is 2. The van der Waals surface area contributed by atoms with Gasteiger partial charge in [0.15, 0.2) is 11.7 Å². The molecule has 0 saturated heterocycles. The molecule has 0 aliphatic carbocycles. The second-order valence-corrected chi connectivity index (χ2v) is 24.1. The quantitative estimate of drug-likeness (QED) is 0.140. The molecular weight excluding hydrogens is 820 g/mol. The number of phenols is 1. The maximum atomic E-state index is 13.5. The van der Waals surface area contributed by atoms with Crippen LogP contribution in [0.2, 0.25) is 0 Å². The first-order valence-electron chi connectivity index (χ1n) is 20.5. The van der Waals surface area contributed by atoms with E-state index in [-0.39, 0.29) is 74.4 Å².